The average Bonchev–Trinajstić information content (AvgIpc) is 2.61. The number of anilines is 1. The molecule has 0 spiro atoms. The number of aromatic amines is 1. The van der Waals surface area contributed by atoms with E-state index in [0.29, 0.717) is 42.3 Å². The zero-order valence-electron chi connectivity index (χ0n) is 14.3. The van der Waals surface area contributed by atoms with Gasteiger partial charge in [-0.3, -0.25) is 14.4 Å². The number of halogens is 1. The first-order valence-corrected chi connectivity index (χ1v) is 8.47. The fraction of sp³-hybridized carbons (Fsp3) is 0.389. The second kappa shape index (κ2) is 7.15. The van der Waals surface area contributed by atoms with Crippen LogP contribution >= 0.6 is 0 Å². The molecule has 0 saturated heterocycles. The average molecular weight is 361 g/mol. The number of fused-ring (bicyclic) bond motifs is 1. The zero-order chi connectivity index (χ0) is 18.8. The zero-order valence-corrected chi connectivity index (χ0v) is 14.3. The Kier molecular flexibility index (Phi) is 4.92. The van der Waals surface area contributed by atoms with Gasteiger partial charge in [0, 0.05) is 18.5 Å². The summed E-state index contributed by atoms with van der Waals surface area (Å²) in [7, 11) is 1.61. The number of hydrogen-bond acceptors (Lipinski definition) is 4. The highest BCUT2D eigenvalue weighted by Gasteiger charge is 2.27. The van der Waals surface area contributed by atoms with Gasteiger partial charge in [0.25, 0.3) is 11.5 Å². The van der Waals surface area contributed by atoms with E-state index in [2.05, 4.69) is 15.6 Å². The van der Waals surface area contributed by atoms with Crippen LogP contribution in [0.4, 0.5) is 10.1 Å². The first kappa shape index (κ1) is 17.9. The minimum Gasteiger partial charge on any atom is -0.481 e. The van der Waals surface area contributed by atoms with Gasteiger partial charge in [0.15, 0.2) is 0 Å². The van der Waals surface area contributed by atoms with E-state index in [1.165, 1.54) is 18.2 Å². The third-order valence-corrected chi connectivity index (χ3v) is 4.84. The molecule has 0 radical (unpaired) electrons. The number of aromatic nitrogens is 1. The van der Waals surface area contributed by atoms with Crippen molar-refractivity contribution in [3.63, 3.8) is 0 Å². The van der Waals surface area contributed by atoms with Gasteiger partial charge in [-0.1, -0.05) is 0 Å². The van der Waals surface area contributed by atoms with E-state index in [4.69, 9.17) is 5.11 Å². The van der Waals surface area contributed by atoms with E-state index >= 15 is 0 Å². The first-order valence-electron chi connectivity index (χ1n) is 8.47. The van der Waals surface area contributed by atoms with Gasteiger partial charge in [-0.25, -0.2) is 4.39 Å². The fourth-order valence-corrected chi connectivity index (χ4v) is 3.40. The molecule has 8 heteroatoms. The van der Waals surface area contributed by atoms with E-state index in [0.717, 1.165) is 0 Å². The Hall–Kier alpha value is -2.90. The van der Waals surface area contributed by atoms with Crippen molar-refractivity contribution in [1.82, 2.24) is 10.3 Å². The predicted molar refractivity (Wildman–Crippen MR) is 94.9 cm³/mol. The number of benzene rings is 1. The Bertz CT molecular complexity index is 917. The Morgan fingerprint density at radius 2 is 1.88 bits per heavy atom. The number of carbonyl (C=O) groups is 2. The van der Waals surface area contributed by atoms with Crippen molar-refractivity contribution in [3.05, 3.63) is 39.9 Å². The Morgan fingerprint density at radius 3 is 2.50 bits per heavy atom. The number of rotatable bonds is 4. The Morgan fingerprint density at radius 1 is 1.19 bits per heavy atom. The van der Waals surface area contributed by atoms with Gasteiger partial charge in [-0.2, -0.15) is 0 Å². The molecule has 2 aromatic rings. The predicted octanol–water partition coefficient (Wildman–Crippen LogP) is 2.08. The van der Waals surface area contributed by atoms with Crippen molar-refractivity contribution in [2.75, 3.05) is 12.4 Å². The minimum absolute atomic E-state index is 0.0921. The molecule has 1 heterocycles. The van der Waals surface area contributed by atoms with Gasteiger partial charge in [-0.15, -0.1) is 0 Å². The lowest BCUT2D eigenvalue weighted by atomic mass is 9.86. The SMILES string of the molecule is CNc1cc(F)cc2cc(C(=O)NC3CCC(C(=O)O)CC3)c(=O)[nH]c12. The van der Waals surface area contributed by atoms with Crippen molar-refractivity contribution < 1.29 is 19.1 Å². The molecular weight excluding hydrogens is 341 g/mol. The lowest BCUT2D eigenvalue weighted by molar-refractivity contribution is -0.142. The molecule has 7 nitrogen and oxygen atoms in total. The van der Waals surface area contributed by atoms with Gasteiger partial charge in [0.05, 0.1) is 17.1 Å². The molecule has 0 unspecified atom stereocenters. The molecule has 138 valence electrons. The number of carboxylic acid groups (broad SMARTS) is 1. The van der Waals surface area contributed by atoms with Gasteiger partial charge in [-0.05, 0) is 43.9 Å². The largest absolute Gasteiger partial charge is 0.481 e. The van der Waals surface area contributed by atoms with Crippen LogP contribution in [0.3, 0.4) is 0 Å². The third-order valence-electron chi connectivity index (χ3n) is 4.84. The molecule has 26 heavy (non-hydrogen) atoms. The summed E-state index contributed by atoms with van der Waals surface area (Å²) < 4.78 is 13.7. The lowest BCUT2D eigenvalue weighted by Gasteiger charge is -2.26. The van der Waals surface area contributed by atoms with Gasteiger partial charge >= 0.3 is 5.97 Å². The summed E-state index contributed by atoms with van der Waals surface area (Å²) in [5.74, 6) is -2.22. The molecule has 1 fully saturated rings. The second-order valence-electron chi connectivity index (χ2n) is 6.54. The molecule has 1 aromatic heterocycles. The van der Waals surface area contributed by atoms with Gasteiger partial charge in [0.2, 0.25) is 0 Å². The minimum atomic E-state index is -0.817. The highest BCUT2D eigenvalue weighted by Crippen LogP contribution is 2.25. The van der Waals surface area contributed by atoms with Crippen molar-refractivity contribution in [2.45, 2.75) is 31.7 Å². The van der Waals surface area contributed by atoms with Crippen molar-refractivity contribution in [2.24, 2.45) is 5.92 Å². The highest BCUT2D eigenvalue weighted by atomic mass is 19.1. The van der Waals surface area contributed by atoms with E-state index < -0.39 is 23.3 Å². The number of pyridine rings is 1. The molecule has 0 bridgehead atoms. The smallest absolute Gasteiger partial charge is 0.306 e. The van der Waals surface area contributed by atoms with E-state index in [1.807, 2.05) is 0 Å². The summed E-state index contributed by atoms with van der Waals surface area (Å²) in [5, 5.41) is 15.0. The molecule has 0 aliphatic heterocycles. The summed E-state index contributed by atoms with van der Waals surface area (Å²) in [4.78, 5) is 38.4. The number of carbonyl (C=O) groups excluding carboxylic acids is 1. The van der Waals surface area contributed by atoms with Crippen molar-refractivity contribution >= 4 is 28.5 Å². The maximum Gasteiger partial charge on any atom is 0.306 e. The fourth-order valence-electron chi connectivity index (χ4n) is 3.40. The number of hydrogen-bond donors (Lipinski definition) is 4. The molecule has 3 rings (SSSR count). The Balaban J connectivity index is 1.82. The van der Waals surface area contributed by atoms with Crippen LogP contribution in [-0.2, 0) is 4.79 Å². The van der Waals surface area contributed by atoms with Crippen LogP contribution in [0.5, 0.6) is 0 Å². The number of carboxylic acids is 1. The van der Waals surface area contributed by atoms with Crippen LogP contribution in [0.1, 0.15) is 36.0 Å². The van der Waals surface area contributed by atoms with Crippen molar-refractivity contribution in [1.29, 1.82) is 0 Å². The standard InChI is InChI=1S/C18H20FN3O4/c1-20-14-8-11(19)6-10-7-13(17(24)22-15(10)14)16(23)21-12-4-2-9(3-5-12)18(25)26/h6-9,12,20H,2-5H2,1H3,(H,21,23)(H,22,24)(H,25,26). The summed E-state index contributed by atoms with van der Waals surface area (Å²) >= 11 is 0. The summed E-state index contributed by atoms with van der Waals surface area (Å²) in [6.07, 6.45) is 2.08. The van der Waals surface area contributed by atoms with E-state index in [-0.39, 0.29) is 17.5 Å². The van der Waals surface area contributed by atoms with Gasteiger partial charge in [0.1, 0.15) is 11.4 Å². The summed E-state index contributed by atoms with van der Waals surface area (Å²) in [5.41, 5.74) is 0.205. The number of nitrogens with one attached hydrogen (secondary N) is 3. The number of amides is 1. The van der Waals surface area contributed by atoms with Crippen LogP contribution in [-0.4, -0.2) is 35.1 Å². The molecule has 1 amide bonds. The van der Waals surface area contributed by atoms with Crippen LogP contribution < -0.4 is 16.2 Å². The molecule has 1 saturated carbocycles. The third kappa shape index (κ3) is 3.54. The maximum absolute atomic E-state index is 13.7. The summed E-state index contributed by atoms with van der Waals surface area (Å²) in [6, 6.07) is 3.71. The molecule has 4 N–H and O–H groups in total. The Labute approximate surface area is 148 Å². The second-order valence-corrected chi connectivity index (χ2v) is 6.54. The van der Waals surface area contributed by atoms with E-state index in [9.17, 15) is 18.8 Å². The number of H-pyrrole nitrogens is 1. The first-order chi connectivity index (χ1) is 12.4. The monoisotopic (exact) mass is 361 g/mol. The van der Waals surface area contributed by atoms with Crippen molar-refractivity contribution in [3.8, 4) is 0 Å². The quantitative estimate of drug-likeness (QED) is 0.666. The highest BCUT2D eigenvalue weighted by molar-refractivity contribution is 5.99. The van der Waals surface area contributed by atoms with Crippen LogP contribution in [0, 0.1) is 11.7 Å². The van der Waals surface area contributed by atoms with E-state index in [1.54, 1.807) is 7.05 Å². The molecule has 0 atom stereocenters. The molecule has 1 aliphatic rings. The molecular formula is C18H20FN3O4. The normalized spacial score (nSPS) is 19.9. The number of aliphatic carboxylic acids is 1. The topological polar surface area (TPSA) is 111 Å². The van der Waals surface area contributed by atoms with Crippen LogP contribution in [0.25, 0.3) is 10.9 Å². The lowest BCUT2D eigenvalue weighted by Crippen LogP contribution is -2.40. The molecule has 1 aromatic carbocycles. The molecule has 1 aliphatic carbocycles. The summed E-state index contributed by atoms with van der Waals surface area (Å²) in [6.45, 7) is 0. The van der Waals surface area contributed by atoms with Crippen LogP contribution in [0.15, 0.2) is 23.0 Å². The van der Waals surface area contributed by atoms with Crippen LogP contribution in [0.2, 0.25) is 0 Å². The maximum atomic E-state index is 13.7. The van der Waals surface area contributed by atoms with Gasteiger partial charge < -0.3 is 20.7 Å².